The third-order valence-corrected chi connectivity index (χ3v) is 13.1. The Morgan fingerprint density at radius 1 is 0.463 bits per heavy atom. The molecule has 2 aliphatic carbocycles. The zero-order chi connectivity index (χ0) is 35.3. The second-order valence-electron chi connectivity index (χ2n) is 15.0. The highest BCUT2D eigenvalue weighted by Crippen LogP contribution is 2.46. The molecule has 0 unspecified atom stereocenters. The van der Waals surface area contributed by atoms with E-state index in [1.54, 1.807) is 0 Å². The van der Waals surface area contributed by atoms with Crippen LogP contribution in [0.15, 0.2) is 150 Å². The summed E-state index contributed by atoms with van der Waals surface area (Å²) in [4.78, 5) is 0. The summed E-state index contributed by atoms with van der Waals surface area (Å²) < 4.78 is 9.02. The van der Waals surface area contributed by atoms with Gasteiger partial charge in [0.25, 0.3) is 0 Å². The Hall–Kier alpha value is -6.22. The number of fused-ring (bicyclic) bond motifs is 11. The SMILES string of the molecule is C1=Cc2ccc(-c3c4ccccc4c(-c4ccc(-c5ccc6c(c5)sc5ccc7cc8c9c(oc8cc7c56)CCC=C9)cc4)c4ccccc34)cc2CC1. The molecule has 1 nitrogen and oxygen atoms in total. The monoisotopic (exact) mass is 706 g/mol. The second kappa shape index (κ2) is 11.6. The van der Waals surface area contributed by atoms with Crippen molar-refractivity contribution >= 4 is 86.9 Å². The molecular weight excluding hydrogens is 673 g/mol. The van der Waals surface area contributed by atoms with Crippen LogP contribution in [0.25, 0.3) is 109 Å². The molecule has 8 aromatic carbocycles. The first kappa shape index (κ1) is 30.3. The lowest BCUT2D eigenvalue weighted by atomic mass is 9.84. The van der Waals surface area contributed by atoms with Gasteiger partial charge >= 0.3 is 0 Å². The van der Waals surface area contributed by atoms with Crippen molar-refractivity contribution in [2.24, 2.45) is 0 Å². The molecule has 254 valence electrons. The number of hydrogen-bond acceptors (Lipinski definition) is 2. The third-order valence-electron chi connectivity index (χ3n) is 11.9. The van der Waals surface area contributed by atoms with Gasteiger partial charge in [0.15, 0.2) is 0 Å². The molecular formula is C52H34OS. The first-order valence-electron chi connectivity index (χ1n) is 19.1. The van der Waals surface area contributed by atoms with E-state index >= 15 is 0 Å². The Kier molecular flexibility index (Phi) is 6.52. The maximum atomic E-state index is 6.40. The van der Waals surface area contributed by atoms with Crippen molar-refractivity contribution in [1.29, 1.82) is 0 Å². The molecule has 0 amide bonds. The lowest BCUT2D eigenvalue weighted by molar-refractivity contribution is 0.546. The van der Waals surface area contributed by atoms with Gasteiger partial charge in [0.2, 0.25) is 0 Å². The molecule has 12 rings (SSSR count). The van der Waals surface area contributed by atoms with Crippen molar-refractivity contribution in [2.75, 3.05) is 0 Å². The summed E-state index contributed by atoms with van der Waals surface area (Å²) in [5, 5.41) is 11.6. The van der Waals surface area contributed by atoms with Crippen LogP contribution >= 0.6 is 11.3 Å². The molecule has 10 aromatic rings. The third kappa shape index (κ3) is 4.50. The Balaban J connectivity index is 0.965. The standard InChI is InChI=1S/C52H34OS/c1-2-10-34-27-37(22-19-31(34)9-1)51-41-14-5-3-12-39(41)50(40-13-4-6-15-42(40)51)33-20-17-32(18-21-33)35-23-25-43-49(29-35)54-48-26-24-36-28-45-38-11-7-8-16-46(38)53-47(45)30-44(36)52(43)48/h1,3-7,9,11-15,17-30H,2,8,10,16H2. The Morgan fingerprint density at radius 2 is 1.15 bits per heavy atom. The van der Waals surface area contributed by atoms with Gasteiger partial charge in [-0.1, -0.05) is 133 Å². The molecule has 54 heavy (non-hydrogen) atoms. The normalized spacial score (nSPS) is 13.9. The van der Waals surface area contributed by atoms with Gasteiger partial charge in [0.05, 0.1) is 0 Å². The minimum absolute atomic E-state index is 0.977. The van der Waals surface area contributed by atoms with Gasteiger partial charge in [-0.3, -0.25) is 0 Å². The van der Waals surface area contributed by atoms with E-state index in [1.165, 1.54) is 108 Å². The van der Waals surface area contributed by atoms with E-state index in [2.05, 4.69) is 158 Å². The largest absolute Gasteiger partial charge is 0.460 e. The smallest absolute Gasteiger partial charge is 0.135 e. The lowest BCUT2D eigenvalue weighted by Gasteiger charge is -2.19. The van der Waals surface area contributed by atoms with Crippen LogP contribution in [0, 0.1) is 0 Å². The number of benzene rings is 8. The highest BCUT2D eigenvalue weighted by molar-refractivity contribution is 7.26. The van der Waals surface area contributed by atoms with Crippen molar-refractivity contribution in [3.05, 3.63) is 168 Å². The average Bonchev–Trinajstić information content (AvgIpc) is 3.79. The number of rotatable bonds is 3. The molecule has 0 spiro atoms. The van der Waals surface area contributed by atoms with Crippen LogP contribution in [0.2, 0.25) is 0 Å². The molecule has 0 saturated heterocycles. The van der Waals surface area contributed by atoms with E-state index in [9.17, 15) is 0 Å². The number of thiophene rings is 1. The number of allylic oxidation sites excluding steroid dienone is 2. The van der Waals surface area contributed by atoms with E-state index < -0.39 is 0 Å². The van der Waals surface area contributed by atoms with Crippen LogP contribution < -0.4 is 0 Å². The first-order chi connectivity index (χ1) is 26.7. The van der Waals surface area contributed by atoms with Crippen molar-refractivity contribution in [2.45, 2.75) is 25.7 Å². The first-order valence-corrected chi connectivity index (χ1v) is 19.9. The van der Waals surface area contributed by atoms with E-state index in [1.807, 2.05) is 11.3 Å². The van der Waals surface area contributed by atoms with Gasteiger partial charge in [-0.05, 0) is 120 Å². The lowest BCUT2D eigenvalue weighted by Crippen LogP contribution is -1.96. The fourth-order valence-corrected chi connectivity index (χ4v) is 10.6. The van der Waals surface area contributed by atoms with Gasteiger partial charge in [-0.2, -0.15) is 0 Å². The minimum atomic E-state index is 0.977. The zero-order valence-electron chi connectivity index (χ0n) is 29.7. The summed E-state index contributed by atoms with van der Waals surface area (Å²) in [6.07, 6.45) is 13.3. The molecule has 0 bridgehead atoms. The van der Waals surface area contributed by atoms with E-state index in [-0.39, 0.29) is 0 Å². The molecule has 2 heteroatoms. The Bertz CT molecular complexity index is 3200. The maximum absolute atomic E-state index is 6.40. The van der Waals surface area contributed by atoms with Crippen molar-refractivity contribution in [3.63, 3.8) is 0 Å². The summed E-state index contributed by atoms with van der Waals surface area (Å²) in [7, 11) is 0. The molecule has 2 heterocycles. The highest BCUT2D eigenvalue weighted by Gasteiger charge is 2.20. The van der Waals surface area contributed by atoms with Crippen LogP contribution in [0.5, 0.6) is 0 Å². The van der Waals surface area contributed by atoms with E-state index in [0.29, 0.717) is 0 Å². The number of furan rings is 1. The predicted molar refractivity (Wildman–Crippen MR) is 233 cm³/mol. The fourth-order valence-electron chi connectivity index (χ4n) is 9.39. The Labute approximate surface area is 317 Å². The number of aryl methyl sites for hydroxylation is 2. The summed E-state index contributed by atoms with van der Waals surface area (Å²) in [5.41, 5.74) is 12.7. The van der Waals surface area contributed by atoms with Gasteiger partial charge < -0.3 is 4.42 Å². The summed E-state index contributed by atoms with van der Waals surface area (Å²) in [6.45, 7) is 0. The topological polar surface area (TPSA) is 13.1 Å². The Morgan fingerprint density at radius 3 is 1.94 bits per heavy atom. The second-order valence-corrected chi connectivity index (χ2v) is 16.1. The van der Waals surface area contributed by atoms with E-state index in [0.717, 1.165) is 37.0 Å². The fraction of sp³-hybridized carbons (Fsp3) is 0.0769. The molecule has 0 saturated carbocycles. The van der Waals surface area contributed by atoms with Gasteiger partial charge in [0.1, 0.15) is 11.3 Å². The van der Waals surface area contributed by atoms with Gasteiger partial charge in [0, 0.05) is 37.5 Å². The number of hydrogen-bond donors (Lipinski definition) is 0. The van der Waals surface area contributed by atoms with Crippen LogP contribution in [0.4, 0.5) is 0 Å². The molecule has 0 fully saturated rings. The average molecular weight is 707 g/mol. The highest BCUT2D eigenvalue weighted by atomic mass is 32.1. The zero-order valence-corrected chi connectivity index (χ0v) is 30.5. The van der Waals surface area contributed by atoms with Crippen molar-refractivity contribution in [1.82, 2.24) is 0 Å². The van der Waals surface area contributed by atoms with Crippen LogP contribution in [0.1, 0.15) is 35.3 Å². The molecule has 0 aliphatic heterocycles. The van der Waals surface area contributed by atoms with Gasteiger partial charge in [-0.15, -0.1) is 11.3 Å². The summed E-state index contributed by atoms with van der Waals surface area (Å²) >= 11 is 1.88. The summed E-state index contributed by atoms with van der Waals surface area (Å²) in [5.74, 6) is 1.12. The maximum Gasteiger partial charge on any atom is 0.135 e. The van der Waals surface area contributed by atoms with Crippen LogP contribution in [0.3, 0.4) is 0 Å². The quantitative estimate of drug-likeness (QED) is 0.167. The van der Waals surface area contributed by atoms with Crippen molar-refractivity contribution < 1.29 is 4.42 Å². The molecule has 0 atom stereocenters. The molecule has 2 aliphatic rings. The molecule has 0 N–H and O–H groups in total. The molecule has 0 radical (unpaired) electrons. The minimum Gasteiger partial charge on any atom is -0.460 e. The van der Waals surface area contributed by atoms with Crippen LogP contribution in [-0.4, -0.2) is 0 Å². The van der Waals surface area contributed by atoms with Crippen LogP contribution in [-0.2, 0) is 12.8 Å². The van der Waals surface area contributed by atoms with E-state index in [4.69, 9.17) is 4.42 Å². The molecule has 2 aromatic heterocycles. The predicted octanol–water partition coefficient (Wildman–Crippen LogP) is 15.2. The van der Waals surface area contributed by atoms with Crippen molar-refractivity contribution in [3.8, 4) is 33.4 Å². The van der Waals surface area contributed by atoms with Gasteiger partial charge in [-0.25, -0.2) is 0 Å². The summed E-state index contributed by atoms with van der Waals surface area (Å²) in [6, 6.07) is 50.4.